The first kappa shape index (κ1) is 24.0. The van der Waals surface area contributed by atoms with Gasteiger partial charge in [-0.1, -0.05) is 12.1 Å². The number of Topliss-reactive ketones (excluding diaryl/α,β-unsaturated/α-hetero) is 1. The topological polar surface area (TPSA) is 96.0 Å². The number of aromatic amines is 1. The van der Waals surface area contributed by atoms with Crippen LogP contribution in [0.4, 0.5) is 35.0 Å². The second kappa shape index (κ2) is 9.07. The lowest BCUT2D eigenvalue weighted by molar-refractivity contribution is -0.151. The van der Waals surface area contributed by atoms with Crippen LogP contribution in [0.1, 0.15) is 30.5 Å². The maximum absolute atomic E-state index is 14.9. The van der Waals surface area contributed by atoms with Crippen LogP contribution in [0.2, 0.25) is 0 Å². The Morgan fingerprint density at radius 1 is 1.17 bits per heavy atom. The van der Waals surface area contributed by atoms with Crippen molar-refractivity contribution in [2.75, 3.05) is 23.3 Å². The van der Waals surface area contributed by atoms with E-state index >= 15 is 0 Å². The molecule has 2 N–H and O–H groups in total. The zero-order valence-electron chi connectivity index (χ0n) is 19.4. The zero-order valence-corrected chi connectivity index (χ0v) is 19.4. The second-order valence-corrected chi connectivity index (χ2v) is 9.37. The summed E-state index contributed by atoms with van der Waals surface area (Å²) in [6, 6.07) is 9.58. The number of ether oxygens (including phenoxy) is 1. The average Bonchev–Trinajstić information content (AvgIpc) is 3.54. The SMILES string of the molecule is Cc1cc(Nc2cc(N3CC(F)(C4CC4)C3)nc(Oc3ccc(CC(=O)CC(F)(F)F)cc3)n2)n[nH]1. The number of aryl methyl sites for hydroxylation is 1. The molecule has 3 heterocycles. The Morgan fingerprint density at radius 2 is 1.89 bits per heavy atom. The summed E-state index contributed by atoms with van der Waals surface area (Å²) in [5.74, 6) is 0.968. The molecule has 3 aromatic rings. The number of H-pyrrole nitrogens is 1. The summed E-state index contributed by atoms with van der Waals surface area (Å²) in [5.41, 5.74) is 0.0898. The summed E-state index contributed by atoms with van der Waals surface area (Å²) in [5, 5.41) is 10.0. The van der Waals surface area contributed by atoms with E-state index in [-0.39, 0.29) is 31.4 Å². The van der Waals surface area contributed by atoms with Crippen molar-refractivity contribution in [1.82, 2.24) is 20.2 Å². The molecule has 36 heavy (non-hydrogen) atoms. The van der Waals surface area contributed by atoms with E-state index in [0.717, 1.165) is 18.5 Å². The Kier molecular flexibility index (Phi) is 6.05. The van der Waals surface area contributed by atoms with E-state index in [9.17, 15) is 22.4 Å². The van der Waals surface area contributed by atoms with E-state index < -0.39 is 24.0 Å². The van der Waals surface area contributed by atoms with Crippen LogP contribution >= 0.6 is 0 Å². The number of hydrogen-bond acceptors (Lipinski definition) is 7. The van der Waals surface area contributed by atoms with Gasteiger partial charge in [0.1, 0.15) is 35.3 Å². The van der Waals surface area contributed by atoms with E-state index in [4.69, 9.17) is 4.74 Å². The van der Waals surface area contributed by atoms with Crippen molar-refractivity contribution in [1.29, 1.82) is 0 Å². The number of rotatable bonds is 9. The van der Waals surface area contributed by atoms with Crippen molar-refractivity contribution < 1.29 is 27.1 Å². The molecule has 1 aliphatic heterocycles. The molecule has 1 aliphatic carbocycles. The summed E-state index contributed by atoms with van der Waals surface area (Å²) >= 11 is 0. The zero-order chi connectivity index (χ0) is 25.5. The third-order valence-corrected chi connectivity index (χ3v) is 6.13. The summed E-state index contributed by atoms with van der Waals surface area (Å²) < 4.78 is 57.9. The molecule has 0 amide bonds. The van der Waals surface area contributed by atoms with Crippen molar-refractivity contribution in [2.45, 2.75) is 44.5 Å². The van der Waals surface area contributed by atoms with E-state index in [1.54, 1.807) is 12.1 Å². The van der Waals surface area contributed by atoms with Gasteiger partial charge in [-0.15, -0.1) is 0 Å². The minimum atomic E-state index is -4.53. The second-order valence-electron chi connectivity index (χ2n) is 9.37. The van der Waals surface area contributed by atoms with Crippen LogP contribution < -0.4 is 15.0 Å². The minimum absolute atomic E-state index is 0.00550. The van der Waals surface area contributed by atoms with Crippen molar-refractivity contribution in [2.24, 2.45) is 5.92 Å². The standard InChI is InChI=1S/C24H24F4N6O2/c1-14-8-20(33-32-14)29-19-10-21(34-12-23(25,13-34)16-4-5-16)31-22(30-19)36-18-6-2-15(3-7-18)9-17(35)11-24(26,27)28/h2-3,6-8,10,16H,4-5,9,11-13H2,1H3,(H2,29,30,31,32,33). The summed E-state index contributed by atoms with van der Waals surface area (Å²) in [6.07, 6.45) is -4.50. The molecular formula is C24H24F4N6O2. The molecule has 0 radical (unpaired) electrons. The highest BCUT2D eigenvalue weighted by Crippen LogP contribution is 2.48. The van der Waals surface area contributed by atoms with Crippen LogP contribution in [-0.4, -0.2) is 50.9 Å². The van der Waals surface area contributed by atoms with Gasteiger partial charge in [-0.05, 0) is 43.4 Å². The van der Waals surface area contributed by atoms with Gasteiger partial charge in [0.2, 0.25) is 0 Å². The number of aromatic nitrogens is 4. The van der Waals surface area contributed by atoms with Gasteiger partial charge < -0.3 is 15.0 Å². The largest absolute Gasteiger partial charge is 0.424 e. The number of hydrogen-bond donors (Lipinski definition) is 2. The fraction of sp³-hybridized carbons (Fsp3) is 0.417. The van der Waals surface area contributed by atoms with Gasteiger partial charge in [0, 0.05) is 24.2 Å². The van der Waals surface area contributed by atoms with Gasteiger partial charge in [-0.3, -0.25) is 9.89 Å². The summed E-state index contributed by atoms with van der Waals surface area (Å²) in [7, 11) is 0. The van der Waals surface area contributed by atoms with Crippen molar-refractivity contribution >= 4 is 23.2 Å². The lowest BCUT2D eigenvalue weighted by atomic mass is 9.91. The monoisotopic (exact) mass is 504 g/mol. The normalized spacial score (nSPS) is 17.0. The van der Waals surface area contributed by atoms with Gasteiger partial charge in [-0.25, -0.2) is 4.39 Å². The van der Waals surface area contributed by atoms with Gasteiger partial charge in [0.15, 0.2) is 5.82 Å². The van der Waals surface area contributed by atoms with E-state index in [2.05, 4.69) is 25.5 Å². The van der Waals surface area contributed by atoms with Crippen LogP contribution in [0, 0.1) is 12.8 Å². The molecular weight excluding hydrogens is 480 g/mol. The van der Waals surface area contributed by atoms with Gasteiger partial charge in [0.05, 0.1) is 13.1 Å². The molecule has 190 valence electrons. The minimum Gasteiger partial charge on any atom is -0.424 e. The quantitative estimate of drug-likeness (QED) is 0.394. The summed E-state index contributed by atoms with van der Waals surface area (Å²) in [4.78, 5) is 22.2. The average molecular weight is 504 g/mol. The van der Waals surface area contributed by atoms with Crippen LogP contribution in [0.25, 0.3) is 0 Å². The number of carbonyl (C=O) groups is 1. The summed E-state index contributed by atoms with van der Waals surface area (Å²) in [6.45, 7) is 2.35. The molecule has 2 fully saturated rings. The third-order valence-electron chi connectivity index (χ3n) is 6.13. The molecule has 0 bridgehead atoms. The molecule has 5 rings (SSSR count). The fourth-order valence-corrected chi connectivity index (χ4v) is 4.20. The molecule has 1 saturated heterocycles. The molecule has 1 aromatic carbocycles. The number of carbonyl (C=O) groups excluding carboxylic acids is 1. The Hall–Kier alpha value is -3.70. The fourth-order valence-electron chi connectivity index (χ4n) is 4.20. The molecule has 0 spiro atoms. The number of halogens is 4. The van der Waals surface area contributed by atoms with Gasteiger partial charge in [-0.2, -0.15) is 28.2 Å². The highest BCUT2D eigenvalue weighted by atomic mass is 19.4. The van der Waals surface area contributed by atoms with Crippen LogP contribution in [0.3, 0.4) is 0 Å². The highest BCUT2D eigenvalue weighted by molar-refractivity contribution is 5.81. The van der Waals surface area contributed by atoms with E-state index in [0.29, 0.717) is 28.8 Å². The molecule has 2 aromatic heterocycles. The Labute approximate surface area is 204 Å². The van der Waals surface area contributed by atoms with Crippen LogP contribution in [0.15, 0.2) is 36.4 Å². The van der Waals surface area contributed by atoms with E-state index in [1.165, 1.54) is 24.3 Å². The lowest BCUT2D eigenvalue weighted by Gasteiger charge is -2.45. The van der Waals surface area contributed by atoms with Crippen molar-refractivity contribution in [3.63, 3.8) is 0 Å². The molecule has 8 nitrogen and oxygen atoms in total. The maximum atomic E-state index is 14.9. The third kappa shape index (κ3) is 5.74. The number of nitrogens with zero attached hydrogens (tertiary/aromatic N) is 4. The number of alkyl halides is 4. The maximum Gasteiger partial charge on any atom is 0.395 e. The Bertz CT molecular complexity index is 1250. The number of nitrogens with one attached hydrogen (secondary N) is 2. The molecule has 0 atom stereocenters. The highest BCUT2D eigenvalue weighted by Gasteiger charge is 2.54. The first-order chi connectivity index (χ1) is 17.0. The lowest BCUT2D eigenvalue weighted by Crippen LogP contribution is -2.60. The van der Waals surface area contributed by atoms with Crippen LogP contribution in [-0.2, 0) is 11.2 Å². The first-order valence-electron chi connectivity index (χ1n) is 11.5. The van der Waals surface area contributed by atoms with E-state index in [1.807, 2.05) is 11.8 Å². The van der Waals surface area contributed by atoms with Crippen molar-refractivity contribution in [3.05, 3.63) is 47.7 Å². The Morgan fingerprint density at radius 3 is 2.50 bits per heavy atom. The Balaban J connectivity index is 1.31. The molecule has 12 heteroatoms. The van der Waals surface area contributed by atoms with Gasteiger partial charge in [0.25, 0.3) is 0 Å². The molecule has 0 unspecified atom stereocenters. The molecule has 2 aliphatic rings. The van der Waals surface area contributed by atoms with Crippen LogP contribution in [0.5, 0.6) is 11.8 Å². The molecule has 1 saturated carbocycles. The first-order valence-corrected chi connectivity index (χ1v) is 11.5. The number of ketones is 1. The predicted molar refractivity (Wildman–Crippen MR) is 123 cm³/mol. The van der Waals surface area contributed by atoms with Gasteiger partial charge >= 0.3 is 12.2 Å². The predicted octanol–water partition coefficient (Wildman–Crippen LogP) is 5.05. The van der Waals surface area contributed by atoms with Crippen molar-refractivity contribution in [3.8, 4) is 11.8 Å². The number of benzene rings is 1. The number of anilines is 3. The smallest absolute Gasteiger partial charge is 0.395 e.